The van der Waals surface area contributed by atoms with E-state index < -0.39 is 5.41 Å². The molecule has 0 spiro atoms. The summed E-state index contributed by atoms with van der Waals surface area (Å²) in [5.41, 5.74) is 4.48. The molecule has 0 aliphatic rings. The number of allylic oxidation sites excluding steroid dienone is 2. The Morgan fingerprint density at radius 1 is 0.750 bits per heavy atom. The van der Waals surface area contributed by atoms with Gasteiger partial charge in [-0.2, -0.15) is 0 Å². The molecule has 0 saturated heterocycles. The van der Waals surface area contributed by atoms with Gasteiger partial charge in [0, 0.05) is 43.2 Å². The van der Waals surface area contributed by atoms with Crippen LogP contribution in [0.5, 0.6) is 0 Å². The van der Waals surface area contributed by atoms with Gasteiger partial charge in [-0.3, -0.25) is 4.79 Å². The molecule has 239 valence electrons. The maximum atomic E-state index is 11.5. The third kappa shape index (κ3) is 10.7. The number of carbonyl (C=O) groups is 1. The SMILES string of the molecule is CC(C)(C)C(=O)/C=C(\O)C(C)(C)C.CC(C)(C)Cc1[c-]c(-c2nccc3c2ccc2ccccc23)cc(CC(C)(C)C)c1.[Ir]. The number of hydrogen-bond donors (Lipinski definition) is 1. The van der Waals surface area contributed by atoms with Gasteiger partial charge in [0.1, 0.15) is 5.76 Å². The van der Waals surface area contributed by atoms with Crippen molar-refractivity contribution in [2.75, 3.05) is 0 Å². The first-order chi connectivity index (χ1) is 19.6. The van der Waals surface area contributed by atoms with Crippen molar-refractivity contribution in [3.05, 3.63) is 89.8 Å². The number of benzene rings is 3. The molecule has 4 heteroatoms. The van der Waals surface area contributed by atoms with Gasteiger partial charge in [0.2, 0.25) is 0 Å². The molecular weight excluding hydrogens is 719 g/mol. The molecule has 4 rings (SSSR count). The van der Waals surface area contributed by atoms with Gasteiger partial charge in [-0.25, -0.2) is 0 Å². The molecule has 0 amide bonds. The van der Waals surface area contributed by atoms with Gasteiger partial charge in [0.25, 0.3) is 0 Å². The zero-order valence-corrected chi connectivity index (χ0v) is 31.3. The Kier molecular flexibility index (Phi) is 12.0. The Hall–Kier alpha value is -2.81. The van der Waals surface area contributed by atoms with Gasteiger partial charge in [0.15, 0.2) is 5.78 Å². The van der Waals surface area contributed by atoms with E-state index in [1.54, 1.807) is 0 Å². The van der Waals surface area contributed by atoms with Crippen molar-refractivity contribution < 1.29 is 30.0 Å². The van der Waals surface area contributed by atoms with Crippen LogP contribution in [-0.2, 0) is 37.7 Å². The number of fused-ring (bicyclic) bond motifs is 3. The fourth-order valence-corrected chi connectivity index (χ4v) is 4.91. The third-order valence-corrected chi connectivity index (χ3v) is 7.14. The van der Waals surface area contributed by atoms with E-state index in [0.717, 1.165) is 24.1 Å². The summed E-state index contributed by atoms with van der Waals surface area (Å²) in [7, 11) is 0. The normalized spacial score (nSPS) is 12.9. The maximum absolute atomic E-state index is 11.5. The standard InChI is InChI=1S/C29H32N.C11H20O2.Ir/c1-28(2,3)18-20-15-21(19-29(4,5)6)17-23(16-20)27-26-12-11-22-9-7-8-10-24(22)25(26)13-14-30-27;1-10(2,3)8(12)7-9(13)11(4,5)6;/h7-16H,18-19H2,1-6H3;7,12H,1-6H3;/q-1;;/b;8-7-;. The van der Waals surface area contributed by atoms with Gasteiger partial charge in [-0.15, -0.1) is 34.9 Å². The first-order valence-electron chi connectivity index (χ1n) is 15.4. The molecule has 1 radical (unpaired) electrons. The van der Waals surface area contributed by atoms with Crippen LogP contribution in [0.2, 0.25) is 0 Å². The number of pyridine rings is 1. The monoisotopic (exact) mass is 771 g/mol. The second kappa shape index (κ2) is 14.1. The number of nitrogens with zero attached hydrogens (tertiary/aromatic N) is 1. The molecule has 1 heterocycles. The van der Waals surface area contributed by atoms with E-state index in [1.807, 2.05) is 47.7 Å². The quantitative estimate of drug-likeness (QED) is 0.0973. The molecule has 3 nitrogen and oxygen atoms in total. The van der Waals surface area contributed by atoms with E-state index in [-0.39, 0.29) is 47.9 Å². The van der Waals surface area contributed by atoms with Gasteiger partial charge in [-0.1, -0.05) is 119 Å². The zero-order chi connectivity index (χ0) is 32.4. The second-order valence-electron chi connectivity index (χ2n) is 16.3. The van der Waals surface area contributed by atoms with Crippen LogP contribution >= 0.6 is 0 Å². The van der Waals surface area contributed by atoms with Crippen molar-refractivity contribution >= 4 is 27.3 Å². The average molecular weight is 771 g/mol. The second-order valence-corrected chi connectivity index (χ2v) is 16.3. The van der Waals surface area contributed by atoms with Crippen LogP contribution in [0.25, 0.3) is 32.8 Å². The molecule has 0 atom stereocenters. The molecule has 0 fully saturated rings. The first kappa shape index (κ1) is 37.4. The summed E-state index contributed by atoms with van der Waals surface area (Å²) in [6.45, 7) is 24.9. The van der Waals surface area contributed by atoms with E-state index in [9.17, 15) is 9.90 Å². The van der Waals surface area contributed by atoms with E-state index in [1.165, 1.54) is 38.7 Å². The fraction of sp³-hybridized carbons (Fsp3) is 0.450. The van der Waals surface area contributed by atoms with Crippen LogP contribution in [-0.4, -0.2) is 15.9 Å². The minimum atomic E-state index is -0.417. The summed E-state index contributed by atoms with van der Waals surface area (Å²) in [6.07, 6.45) is 5.32. The molecule has 1 aromatic heterocycles. The topological polar surface area (TPSA) is 50.2 Å². The number of aromatic nitrogens is 1. The summed E-state index contributed by atoms with van der Waals surface area (Å²) in [5, 5.41) is 14.6. The average Bonchev–Trinajstić information content (AvgIpc) is 2.85. The number of aliphatic hydroxyl groups excluding tert-OH is 1. The molecule has 0 saturated carbocycles. The number of hydrogen-bond acceptors (Lipinski definition) is 3. The zero-order valence-electron chi connectivity index (χ0n) is 28.9. The van der Waals surface area contributed by atoms with Crippen molar-refractivity contribution in [3.63, 3.8) is 0 Å². The summed E-state index contributed by atoms with van der Waals surface area (Å²) in [5.74, 6) is 0.104. The van der Waals surface area contributed by atoms with Crippen LogP contribution in [0.1, 0.15) is 94.2 Å². The first-order valence-corrected chi connectivity index (χ1v) is 15.4. The Labute approximate surface area is 279 Å². The summed E-state index contributed by atoms with van der Waals surface area (Å²) >= 11 is 0. The van der Waals surface area contributed by atoms with Crippen LogP contribution in [0.15, 0.2) is 72.6 Å². The maximum Gasteiger partial charge on any atom is 0.164 e. The number of rotatable bonds is 4. The van der Waals surface area contributed by atoms with Crippen LogP contribution in [0.4, 0.5) is 0 Å². The Balaban J connectivity index is 0.000000412. The Morgan fingerprint density at radius 2 is 1.36 bits per heavy atom. The smallest absolute Gasteiger partial charge is 0.164 e. The van der Waals surface area contributed by atoms with Gasteiger partial charge in [-0.05, 0) is 57.0 Å². The Morgan fingerprint density at radius 3 is 1.93 bits per heavy atom. The number of aliphatic hydroxyl groups is 1. The predicted octanol–water partition coefficient (Wildman–Crippen LogP) is 11.1. The van der Waals surface area contributed by atoms with Gasteiger partial charge < -0.3 is 10.1 Å². The van der Waals surface area contributed by atoms with Crippen molar-refractivity contribution in [2.24, 2.45) is 21.7 Å². The molecule has 0 aliphatic carbocycles. The van der Waals surface area contributed by atoms with E-state index in [0.29, 0.717) is 0 Å². The number of ketones is 1. The van der Waals surface area contributed by atoms with Crippen molar-refractivity contribution in [1.82, 2.24) is 4.98 Å². The Bertz CT molecular complexity index is 1590. The third-order valence-electron chi connectivity index (χ3n) is 7.14. The molecule has 0 aliphatic heterocycles. The molecule has 4 aromatic rings. The summed E-state index contributed by atoms with van der Waals surface area (Å²) in [4.78, 5) is 16.3. The summed E-state index contributed by atoms with van der Waals surface area (Å²) < 4.78 is 0. The molecule has 1 N–H and O–H groups in total. The van der Waals surface area contributed by atoms with Gasteiger partial charge in [0.05, 0.1) is 0 Å². The van der Waals surface area contributed by atoms with Crippen LogP contribution in [0.3, 0.4) is 0 Å². The summed E-state index contributed by atoms with van der Waals surface area (Å²) in [6, 6.07) is 23.5. The molecule has 0 unspecified atom stereocenters. The van der Waals surface area contributed by atoms with Crippen molar-refractivity contribution in [1.29, 1.82) is 0 Å². The molecule has 0 bridgehead atoms. The van der Waals surface area contributed by atoms with Crippen molar-refractivity contribution in [2.45, 2.75) is 95.9 Å². The van der Waals surface area contributed by atoms with Crippen LogP contribution in [0, 0.1) is 27.7 Å². The molecule has 44 heavy (non-hydrogen) atoms. The predicted molar refractivity (Wildman–Crippen MR) is 184 cm³/mol. The van der Waals surface area contributed by atoms with Crippen molar-refractivity contribution in [3.8, 4) is 11.3 Å². The minimum Gasteiger partial charge on any atom is -0.512 e. The van der Waals surface area contributed by atoms with E-state index >= 15 is 0 Å². The number of carbonyl (C=O) groups excluding carboxylic acids is 1. The van der Waals surface area contributed by atoms with Crippen LogP contribution < -0.4 is 0 Å². The minimum absolute atomic E-state index is 0. The fourth-order valence-electron chi connectivity index (χ4n) is 4.91. The largest absolute Gasteiger partial charge is 0.512 e. The molecule has 3 aromatic carbocycles. The van der Waals surface area contributed by atoms with E-state index in [4.69, 9.17) is 4.98 Å². The van der Waals surface area contributed by atoms with E-state index in [2.05, 4.69) is 102 Å². The molecular formula is C40H52IrNO2-. The van der Waals surface area contributed by atoms with Gasteiger partial charge >= 0.3 is 0 Å².